The third kappa shape index (κ3) is 2.19. The highest BCUT2D eigenvalue weighted by Gasteiger charge is 2.47. The number of rotatable bonds is 3. The van der Waals surface area contributed by atoms with Gasteiger partial charge in [0.05, 0.1) is 18.2 Å². The first-order valence-corrected chi connectivity index (χ1v) is 8.08. The Labute approximate surface area is 116 Å². The maximum Gasteiger partial charge on any atom is 0.241 e. The zero-order valence-electron chi connectivity index (χ0n) is 12.3. The van der Waals surface area contributed by atoms with E-state index < -0.39 is 0 Å². The summed E-state index contributed by atoms with van der Waals surface area (Å²) in [7, 11) is 0. The molecule has 4 nitrogen and oxygen atoms in total. The van der Waals surface area contributed by atoms with E-state index in [0.717, 1.165) is 12.8 Å². The van der Waals surface area contributed by atoms with Crippen LogP contribution >= 0.6 is 0 Å². The molecule has 4 unspecified atom stereocenters. The topological polar surface area (TPSA) is 35.6 Å². The van der Waals surface area contributed by atoms with Gasteiger partial charge in [0, 0.05) is 12.6 Å². The van der Waals surface area contributed by atoms with Crippen molar-refractivity contribution in [3.63, 3.8) is 0 Å². The van der Waals surface area contributed by atoms with Crippen molar-refractivity contribution in [1.29, 1.82) is 0 Å². The van der Waals surface area contributed by atoms with Crippen LogP contribution in [-0.4, -0.2) is 53.1 Å². The molecule has 3 rings (SSSR count). The number of amides is 1. The summed E-state index contributed by atoms with van der Waals surface area (Å²) in [6.45, 7) is 6.72. The molecule has 3 aliphatic rings. The summed E-state index contributed by atoms with van der Waals surface area (Å²) in [5.74, 6) is 0.353. The fourth-order valence-electron chi connectivity index (χ4n) is 4.26. The van der Waals surface area contributed by atoms with Gasteiger partial charge >= 0.3 is 0 Å². The molecule has 0 aromatic heterocycles. The summed E-state index contributed by atoms with van der Waals surface area (Å²) in [6.07, 6.45) is 7.32. The van der Waals surface area contributed by atoms with Crippen molar-refractivity contribution in [2.75, 3.05) is 13.1 Å². The molecule has 0 saturated carbocycles. The number of hydrogen-bond acceptors (Lipinski definition) is 3. The Balaban J connectivity index is 1.78. The molecule has 1 N–H and O–H groups in total. The summed E-state index contributed by atoms with van der Waals surface area (Å²) in [6, 6.07) is 1.15. The van der Waals surface area contributed by atoms with Gasteiger partial charge in [0.2, 0.25) is 5.91 Å². The predicted octanol–water partition coefficient (Wildman–Crippen LogP) is 1.56. The minimum absolute atomic E-state index is 0.0580. The van der Waals surface area contributed by atoms with Crippen LogP contribution in [0.25, 0.3) is 0 Å². The third-order valence-corrected chi connectivity index (χ3v) is 5.25. The van der Waals surface area contributed by atoms with Crippen LogP contribution in [0.3, 0.4) is 0 Å². The van der Waals surface area contributed by atoms with Crippen LogP contribution in [0.15, 0.2) is 0 Å². The first-order chi connectivity index (χ1) is 9.26. The maximum absolute atomic E-state index is 12.6. The van der Waals surface area contributed by atoms with Crippen molar-refractivity contribution in [2.45, 2.75) is 76.7 Å². The van der Waals surface area contributed by atoms with Gasteiger partial charge in [-0.25, -0.2) is 0 Å². The molecular formula is C15H27N3O. The van der Waals surface area contributed by atoms with Gasteiger partial charge in [-0.15, -0.1) is 0 Å². The Kier molecular flexibility index (Phi) is 3.81. The first kappa shape index (κ1) is 13.4. The Bertz CT molecular complexity index is 346. The lowest BCUT2D eigenvalue weighted by Crippen LogP contribution is -2.51. The molecule has 4 atom stereocenters. The van der Waals surface area contributed by atoms with Gasteiger partial charge < -0.3 is 4.90 Å². The van der Waals surface area contributed by atoms with Gasteiger partial charge in [-0.2, -0.15) is 0 Å². The zero-order valence-corrected chi connectivity index (χ0v) is 12.3. The largest absolute Gasteiger partial charge is 0.321 e. The summed E-state index contributed by atoms with van der Waals surface area (Å²) in [5, 5.41) is 3.52. The minimum Gasteiger partial charge on any atom is -0.321 e. The van der Waals surface area contributed by atoms with Crippen molar-refractivity contribution in [3.05, 3.63) is 0 Å². The smallest absolute Gasteiger partial charge is 0.241 e. The van der Waals surface area contributed by atoms with Crippen LogP contribution < -0.4 is 5.32 Å². The average molecular weight is 265 g/mol. The quantitative estimate of drug-likeness (QED) is 0.841. The van der Waals surface area contributed by atoms with Gasteiger partial charge in [0.1, 0.15) is 0 Å². The van der Waals surface area contributed by atoms with Crippen molar-refractivity contribution >= 4 is 5.91 Å². The molecule has 3 saturated heterocycles. The number of nitrogens with one attached hydrogen (secondary N) is 1. The SMILES string of the molecule is CCC1NC(CC)N(C2CCN3CCCCC23)C1=O. The van der Waals surface area contributed by atoms with Crippen molar-refractivity contribution in [1.82, 2.24) is 15.1 Å². The van der Waals surface area contributed by atoms with Crippen LogP contribution in [0.2, 0.25) is 0 Å². The highest BCUT2D eigenvalue weighted by atomic mass is 16.2. The standard InChI is InChI=1S/C15H27N3O/c1-3-11-15(19)18(14(4-2)16-11)13-8-10-17-9-6-5-7-12(13)17/h11-14,16H,3-10H2,1-2H3. The average Bonchev–Trinajstić information content (AvgIpc) is 2.99. The number of carbonyl (C=O) groups is 1. The number of carbonyl (C=O) groups excluding carboxylic acids is 1. The molecule has 3 aliphatic heterocycles. The molecule has 0 aliphatic carbocycles. The van der Waals surface area contributed by atoms with Crippen molar-refractivity contribution < 1.29 is 4.79 Å². The minimum atomic E-state index is 0.0580. The maximum atomic E-state index is 12.6. The molecule has 0 bridgehead atoms. The Hall–Kier alpha value is -0.610. The van der Waals surface area contributed by atoms with Gasteiger partial charge in [-0.3, -0.25) is 15.0 Å². The Morgan fingerprint density at radius 2 is 1.95 bits per heavy atom. The van der Waals surface area contributed by atoms with E-state index in [4.69, 9.17) is 0 Å². The summed E-state index contributed by atoms with van der Waals surface area (Å²) in [5.41, 5.74) is 0. The van der Waals surface area contributed by atoms with Crippen LogP contribution in [0, 0.1) is 0 Å². The van der Waals surface area contributed by atoms with E-state index >= 15 is 0 Å². The number of piperidine rings is 1. The molecule has 0 aromatic carbocycles. The summed E-state index contributed by atoms with van der Waals surface area (Å²) >= 11 is 0. The number of hydrogen-bond donors (Lipinski definition) is 1. The molecule has 108 valence electrons. The van der Waals surface area contributed by atoms with Gasteiger partial charge in [0.15, 0.2) is 0 Å². The second kappa shape index (κ2) is 5.41. The Morgan fingerprint density at radius 3 is 2.68 bits per heavy atom. The van der Waals surface area contributed by atoms with E-state index in [0.29, 0.717) is 18.0 Å². The first-order valence-electron chi connectivity index (χ1n) is 8.08. The molecule has 3 fully saturated rings. The lowest BCUT2D eigenvalue weighted by Gasteiger charge is -2.38. The monoisotopic (exact) mass is 265 g/mol. The normalized spacial score (nSPS) is 39.9. The lowest BCUT2D eigenvalue weighted by molar-refractivity contribution is -0.133. The van der Waals surface area contributed by atoms with Gasteiger partial charge in [-0.05, 0) is 38.6 Å². The third-order valence-electron chi connectivity index (χ3n) is 5.25. The predicted molar refractivity (Wildman–Crippen MR) is 75.8 cm³/mol. The zero-order chi connectivity index (χ0) is 13.4. The van der Waals surface area contributed by atoms with Gasteiger partial charge in [-0.1, -0.05) is 20.3 Å². The van der Waals surface area contributed by atoms with Crippen LogP contribution in [0.4, 0.5) is 0 Å². The van der Waals surface area contributed by atoms with Crippen LogP contribution in [0.5, 0.6) is 0 Å². The van der Waals surface area contributed by atoms with E-state index in [9.17, 15) is 4.79 Å². The molecule has 4 heteroatoms. The van der Waals surface area contributed by atoms with E-state index in [1.54, 1.807) is 0 Å². The highest BCUT2D eigenvalue weighted by Crippen LogP contribution is 2.33. The summed E-state index contributed by atoms with van der Waals surface area (Å²) < 4.78 is 0. The van der Waals surface area contributed by atoms with Crippen molar-refractivity contribution in [2.24, 2.45) is 0 Å². The lowest BCUT2D eigenvalue weighted by atomic mass is 9.97. The Morgan fingerprint density at radius 1 is 1.11 bits per heavy atom. The van der Waals surface area contributed by atoms with Gasteiger partial charge in [0.25, 0.3) is 0 Å². The van der Waals surface area contributed by atoms with Crippen molar-refractivity contribution in [3.8, 4) is 0 Å². The number of nitrogens with zero attached hydrogens (tertiary/aromatic N) is 2. The van der Waals surface area contributed by atoms with E-state index in [1.165, 1.54) is 38.8 Å². The second-order valence-corrected chi connectivity index (χ2v) is 6.25. The van der Waals surface area contributed by atoms with E-state index in [1.807, 2.05) is 0 Å². The summed E-state index contributed by atoms with van der Waals surface area (Å²) in [4.78, 5) is 17.4. The molecule has 19 heavy (non-hydrogen) atoms. The van der Waals surface area contributed by atoms with Crippen LogP contribution in [0.1, 0.15) is 52.4 Å². The number of fused-ring (bicyclic) bond motifs is 1. The molecule has 3 heterocycles. The fraction of sp³-hybridized carbons (Fsp3) is 0.933. The molecule has 0 aromatic rings. The second-order valence-electron chi connectivity index (χ2n) is 6.25. The van der Waals surface area contributed by atoms with E-state index in [2.05, 4.69) is 29.0 Å². The van der Waals surface area contributed by atoms with Crippen LogP contribution in [-0.2, 0) is 4.79 Å². The molecule has 1 amide bonds. The molecular weight excluding hydrogens is 238 g/mol. The highest BCUT2D eigenvalue weighted by molar-refractivity contribution is 5.84. The molecule has 0 radical (unpaired) electrons. The molecule has 0 spiro atoms. The fourth-order valence-corrected chi connectivity index (χ4v) is 4.26. The van der Waals surface area contributed by atoms with E-state index in [-0.39, 0.29) is 12.2 Å².